The molecule has 1 saturated heterocycles. The average molecular weight is 170 g/mol. The molecule has 9 heavy (non-hydrogen) atoms. The maximum Gasteiger partial charge on any atom is 0.227 e. The molecule has 0 aromatic heterocycles. The van der Waals surface area contributed by atoms with Crippen LogP contribution in [0.15, 0.2) is 0 Å². The van der Waals surface area contributed by atoms with Gasteiger partial charge < -0.3 is 4.90 Å². The smallest absolute Gasteiger partial charge is 0.227 e. The largest absolute Gasteiger partial charge is 0.305 e. The Morgan fingerprint density at radius 1 is 1.67 bits per heavy atom. The molecular weight excluding hydrogens is 161 g/mol. The summed E-state index contributed by atoms with van der Waals surface area (Å²) in [6, 6.07) is 0. The zero-order valence-corrected chi connectivity index (χ0v) is 6.71. The Morgan fingerprint density at radius 2 is 2.11 bits per heavy atom. The highest BCUT2D eigenvalue weighted by Crippen LogP contribution is 2.14. The third-order valence-corrected chi connectivity index (χ3v) is 1.69. The van der Waals surface area contributed by atoms with E-state index in [0.29, 0.717) is 0 Å². The van der Waals surface area contributed by atoms with Crippen molar-refractivity contribution in [1.82, 2.24) is 4.90 Å². The van der Waals surface area contributed by atoms with Crippen LogP contribution in [0.1, 0.15) is 0 Å². The van der Waals surface area contributed by atoms with E-state index in [9.17, 15) is 4.79 Å². The van der Waals surface area contributed by atoms with E-state index in [1.165, 1.54) is 0 Å². The van der Waals surface area contributed by atoms with Gasteiger partial charge in [-0.25, -0.2) is 0 Å². The minimum absolute atomic E-state index is 0. The molecule has 0 radical (unpaired) electrons. The van der Waals surface area contributed by atoms with Gasteiger partial charge in [0.1, 0.15) is 0 Å². The number of halogens is 2. The Morgan fingerprint density at radius 3 is 2.22 bits per heavy atom. The summed E-state index contributed by atoms with van der Waals surface area (Å²) in [6.45, 7) is 1.67. The molecular formula is C5H9Cl2NO. The molecule has 1 aliphatic heterocycles. The lowest BCUT2D eigenvalue weighted by atomic mass is 10.0. The molecule has 4 heteroatoms. The standard InChI is InChI=1S/C5H8ClNO.ClH/c1-7-2-4(3-7)5(6)8;/h4H,2-3H2,1H3;1H. The fourth-order valence-corrected chi connectivity index (χ4v) is 0.981. The van der Waals surface area contributed by atoms with E-state index in [1.54, 1.807) is 0 Å². The molecule has 0 amide bonds. The maximum atomic E-state index is 10.3. The minimum Gasteiger partial charge on any atom is -0.305 e. The van der Waals surface area contributed by atoms with Gasteiger partial charge in [-0.3, -0.25) is 4.79 Å². The highest BCUT2D eigenvalue weighted by Gasteiger charge is 2.28. The molecule has 0 spiro atoms. The average Bonchev–Trinajstić information content (AvgIpc) is 1.57. The first-order chi connectivity index (χ1) is 3.70. The predicted octanol–water partition coefficient (Wildman–Crippen LogP) is 0.735. The summed E-state index contributed by atoms with van der Waals surface area (Å²) in [7, 11) is 1.97. The number of nitrogens with zero attached hydrogens (tertiary/aromatic N) is 1. The Hall–Kier alpha value is 0.210. The zero-order valence-electron chi connectivity index (χ0n) is 5.13. The second-order valence-corrected chi connectivity index (χ2v) is 2.59. The van der Waals surface area contributed by atoms with Crippen molar-refractivity contribution < 1.29 is 4.79 Å². The normalized spacial score (nSPS) is 20.2. The number of hydrogen-bond acceptors (Lipinski definition) is 2. The van der Waals surface area contributed by atoms with E-state index in [2.05, 4.69) is 4.90 Å². The van der Waals surface area contributed by atoms with Crippen LogP contribution in [0.2, 0.25) is 0 Å². The SMILES string of the molecule is CN1CC(C(=O)Cl)C1.Cl. The van der Waals surface area contributed by atoms with Crippen molar-refractivity contribution in [2.75, 3.05) is 20.1 Å². The van der Waals surface area contributed by atoms with Gasteiger partial charge in [-0.1, -0.05) is 0 Å². The van der Waals surface area contributed by atoms with Crippen LogP contribution in [-0.2, 0) is 4.79 Å². The molecule has 0 N–H and O–H groups in total. The Bertz CT molecular complexity index is 112. The van der Waals surface area contributed by atoms with Crippen LogP contribution in [0.5, 0.6) is 0 Å². The summed E-state index contributed by atoms with van der Waals surface area (Å²) >= 11 is 5.18. The van der Waals surface area contributed by atoms with E-state index < -0.39 is 0 Å². The molecule has 1 rings (SSSR count). The first kappa shape index (κ1) is 9.21. The molecule has 1 aliphatic rings. The first-order valence-corrected chi connectivity index (χ1v) is 2.96. The fraction of sp³-hybridized carbons (Fsp3) is 0.800. The molecule has 0 aromatic carbocycles. The summed E-state index contributed by atoms with van der Waals surface area (Å²) < 4.78 is 0. The zero-order chi connectivity index (χ0) is 6.15. The number of carbonyl (C=O) groups is 1. The van der Waals surface area contributed by atoms with Gasteiger partial charge in [0.25, 0.3) is 0 Å². The Balaban J connectivity index is 0.000000640. The van der Waals surface area contributed by atoms with Gasteiger partial charge >= 0.3 is 0 Å². The predicted molar refractivity (Wildman–Crippen MR) is 39.1 cm³/mol. The van der Waals surface area contributed by atoms with Crippen LogP contribution in [0.3, 0.4) is 0 Å². The molecule has 1 fully saturated rings. The van der Waals surface area contributed by atoms with Gasteiger partial charge in [-0.15, -0.1) is 12.4 Å². The summed E-state index contributed by atoms with van der Waals surface area (Å²) in [5.74, 6) is 0.113. The van der Waals surface area contributed by atoms with E-state index in [0.717, 1.165) is 13.1 Å². The molecule has 0 aliphatic carbocycles. The van der Waals surface area contributed by atoms with Gasteiger partial charge in [-0.05, 0) is 18.6 Å². The molecule has 1 heterocycles. The molecule has 0 bridgehead atoms. The monoisotopic (exact) mass is 169 g/mol. The van der Waals surface area contributed by atoms with Crippen LogP contribution in [0.4, 0.5) is 0 Å². The Labute approximate surface area is 65.6 Å². The van der Waals surface area contributed by atoms with Crippen LogP contribution in [0, 0.1) is 5.92 Å². The van der Waals surface area contributed by atoms with Crippen molar-refractivity contribution >= 4 is 29.3 Å². The van der Waals surface area contributed by atoms with E-state index in [-0.39, 0.29) is 23.6 Å². The van der Waals surface area contributed by atoms with Gasteiger partial charge in [0, 0.05) is 13.1 Å². The second-order valence-electron chi connectivity index (χ2n) is 2.22. The van der Waals surface area contributed by atoms with E-state index in [1.807, 2.05) is 7.05 Å². The topological polar surface area (TPSA) is 20.3 Å². The molecule has 0 saturated carbocycles. The van der Waals surface area contributed by atoms with E-state index in [4.69, 9.17) is 11.6 Å². The quantitative estimate of drug-likeness (QED) is 0.541. The number of hydrogen-bond donors (Lipinski definition) is 0. The van der Waals surface area contributed by atoms with Crippen molar-refractivity contribution in [1.29, 1.82) is 0 Å². The van der Waals surface area contributed by atoms with Crippen molar-refractivity contribution in [3.63, 3.8) is 0 Å². The van der Waals surface area contributed by atoms with Crippen molar-refractivity contribution in [2.45, 2.75) is 0 Å². The van der Waals surface area contributed by atoms with Crippen LogP contribution >= 0.6 is 24.0 Å². The van der Waals surface area contributed by atoms with Crippen molar-refractivity contribution in [2.24, 2.45) is 5.92 Å². The van der Waals surface area contributed by atoms with Crippen molar-refractivity contribution in [3.8, 4) is 0 Å². The van der Waals surface area contributed by atoms with Gasteiger partial charge in [0.15, 0.2) is 0 Å². The molecule has 0 aromatic rings. The number of rotatable bonds is 1. The van der Waals surface area contributed by atoms with Crippen LogP contribution in [-0.4, -0.2) is 30.3 Å². The van der Waals surface area contributed by atoms with Crippen molar-refractivity contribution in [3.05, 3.63) is 0 Å². The minimum atomic E-state index is -0.192. The van der Waals surface area contributed by atoms with Crippen LogP contribution < -0.4 is 0 Å². The lowest BCUT2D eigenvalue weighted by Crippen LogP contribution is -2.46. The molecule has 2 nitrogen and oxygen atoms in total. The van der Waals surface area contributed by atoms with Gasteiger partial charge in [0.2, 0.25) is 5.24 Å². The first-order valence-electron chi connectivity index (χ1n) is 2.58. The summed E-state index contributed by atoms with van der Waals surface area (Å²) in [5.41, 5.74) is 0. The molecule has 0 atom stereocenters. The number of likely N-dealkylation sites (tertiary alicyclic amines) is 1. The fourth-order valence-electron chi connectivity index (χ4n) is 0.843. The third-order valence-electron chi connectivity index (χ3n) is 1.39. The highest BCUT2D eigenvalue weighted by atomic mass is 35.5. The summed E-state index contributed by atoms with van der Waals surface area (Å²) in [5, 5.41) is -0.192. The number of carbonyl (C=O) groups excluding carboxylic acids is 1. The maximum absolute atomic E-state index is 10.3. The summed E-state index contributed by atoms with van der Waals surface area (Å²) in [6.07, 6.45) is 0. The molecule has 54 valence electrons. The lowest BCUT2D eigenvalue weighted by Gasteiger charge is -2.33. The lowest BCUT2D eigenvalue weighted by molar-refractivity contribution is -0.119. The third kappa shape index (κ3) is 2.12. The highest BCUT2D eigenvalue weighted by molar-refractivity contribution is 6.64. The second kappa shape index (κ2) is 3.40. The van der Waals surface area contributed by atoms with Gasteiger partial charge in [-0.2, -0.15) is 0 Å². The van der Waals surface area contributed by atoms with Crippen LogP contribution in [0.25, 0.3) is 0 Å². The van der Waals surface area contributed by atoms with E-state index >= 15 is 0 Å². The van der Waals surface area contributed by atoms with Gasteiger partial charge in [0.05, 0.1) is 5.92 Å². The molecule has 0 unspecified atom stereocenters. The summed E-state index contributed by atoms with van der Waals surface area (Å²) in [4.78, 5) is 12.4. The Kier molecular flexibility index (Phi) is 3.48.